The van der Waals surface area contributed by atoms with Crippen LogP contribution < -0.4 is 10.3 Å². The van der Waals surface area contributed by atoms with Gasteiger partial charge in [-0.05, 0) is 13.0 Å². The minimum Gasteiger partial charge on any atom is -0.479 e. The van der Waals surface area contributed by atoms with Gasteiger partial charge < -0.3 is 9.84 Å². The average molecular weight is 208 g/mol. The molecule has 0 aliphatic carbocycles. The van der Waals surface area contributed by atoms with Crippen molar-refractivity contribution >= 4 is 5.97 Å². The standard InChI is InChI=1S/C9H8N2O4/c1-2-15-8-6(9(13)14)3-5(4-10)7(12)11-8/h3H,2H2,1H3,(H,11,12)(H,13,14). The van der Waals surface area contributed by atoms with E-state index in [1.54, 1.807) is 13.0 Å². The van der Waals surface area contributed by atoms with E-state index in [2.05, 4.69) is 4.98 Å². The lowest BCUT2D eigenvalue weighted by molar-refractivity contribution is 0.0691. The van der Waals surface area contributed by atoms with E-state index in [1.165, 1.54) is 0 Å². The second-order valence-electron chi connectivity index (χ2n) is 2.60. The van der Waals surface area contributed by atoms with E-state index < -0.39 is 11.5 Å². The summed E-state index contributed by atoms with van der Waals surface area (Å²) < 4.78 is 4.93. The molecule has 6 heteroatoms. The zero-order chi connectivity index (χ0) is 11.4. The number of aromatic carboxylic acids is 1. The van der Waals surface area contributed by atoms with Gasteiger partial charge in [0.2, 0.25) is 5.88 Å². The van der Waals surface area contributed by atoms with Crippen LogP contribution in [0.3, 0.4) is 0 Å². The first-order valence-corrected chi connectivity index (χ1v) is 4.13. The van der Waals surface area contributed by atoms with Gasteiger partial charge in [-0.15, -0.1) is 0 Å². The summed E-state index contributed by atoms with van der Waals surface area (Å²) in [4.78, 5) is 24.1. The summed E-state index contributed by atoms with van der Waals surface area (Å²) in [5.41, 5.74) is -1.14. The molecule has 0 spiro atoms. The van der Waals surface area contributed by atoms with Crippen molar-refractivity contribution in [3.63, 3.8) is 0 Å². The number of nitriles is 1. The molecule has 1 aromatic heterocycles. The number of carboxylic acid groups (broad SMARTS) is 1. The number of rotatable bonds is 3. The number of H-pyrrole nitrogens is 1. The van der Waals surface area contributed by atoms with Gasteiger partial charge >= 0.3 is 5.97 Å². The topological polar surface area (TPSA) is 103 Å². The van der Waals surface area contributed by atoms with Crippen LogP contribution in [-0.2, 0) is 0 Å². The first-order chi connectivity index (χ1) is 7.10. The molecular weight excluding hydrogens is 200 g/mol. The number of carbonyl (C=O) groups is 1. The number of carboxylic acids is 1. The van der Waals surface area contributed by atoms with Gasteiger partial charge in [0.25, 0.3) is 5.56 Å². The highest BCUT2D eigenvalue weighted by molar-refractivity contribution is 5.90. The molecule has 0 radical (unpaired) electrons. The van der Waals surface area contributed by atoms with Crippen LogP contribution in [-0.4, -0.2) is 22.7 Å². The molecule has 1 rings (SSSR count). The Morgan fingerprint density at radius 3 is 2.87 bits per heavy atom. The summed E-state index contributed by atoms with van der Waals surface area (Å²) in [5.74, 6) is -1.39. The smallest absolute Gasteiger partial charge is 0.341 e. The maximum atomic E-state index is 11.2. The Bertz CT molecular complexity index is 484. The van der Waals surface area contributed by atoms with Gasteiger partial charge in [0, 0.05) is 0 Å². The van der Waals surface area contributed by atoms with Gasteiger partial charge in [-0.3, -0.25) is 9.78 Å². The summed E-state index contributed by atoms with van der Waals surface area (Å²) in [6, 6.07) is 2.59. The second-order valence-corrected chi connectivity index (χ2v) is 2.60. The summed E-state index contributed by atoms with van der Waals surface area (Å²) in [6.45, 7) is 1.88. The molecule has 6 nitrogen and oxygen atoms in total. The summed E-state index contributed by atoms with van der Waals surface area (Å²) in [6.07, 6.45) is 0. The van der Waals surface area contributed by atoms with Gasteiger partial charge in [0.15, 0.2) is 0 Å². The molecule has 1 heterocycles. The number of nitrogens with one attached hydrogen (secondary N) is 1. The third kappa shape index (κ3) is 2.14. The molecule has 0 fully saturated rings. The van der Waals surface area contributed by atoms with E-state index in [-0.39, 0.29) is 23.6 Å². The van der Waals surface area contributed by atoms with Crippen molar-refractivity contribution in [1.82, 2.24) is 4.98 Å². The fourth-order valence-corrected chi connectivity index (χ4v) is 1.01. The highest BCUT2D eigenvalue weighted by Crippen LogP contribution is 2.13. The fraction of sp³-hybridized carbons (Fsp3) is 0.222. The quantitative estimate of drug-likeness (QED) is 0.745. The van der Waals surface area contributed by atoms with E-state index in [4.69, 9.17) is 15.1 Å². The first kappa shape index (κ1) is 10.8. The van der Waals surface area contributed by atoms with E-state index in [0.717, 1.165) is 6.07 Å². The molecule has 0 atom stereocenters. The van der Waals surface area contributed by atoms with Gasteiger partial charge in [0.05, 0.1) is 6.61 Å². The maximum Gasteiger partial charge on any atom is 0.341 e. The molecule has 0 amide bonds. The van der Waals surface area contributed by atoms with E-state index in [0.29, 0.717) is 0 Å². The molecule has 0 saturated carbocycles. The molecule has 0 saturated heterocycles. The van der Waals surface area contributed by atoms with Gasteiger partial charge in [-0.1, -0.05) is 0 Å². The number of aromatic nitrogens is 1. The average Bonchev–Trinajstić information content (AvgIpc) is 2.18. The predicted octanol–water partition coefficient (Wildman–Crippen LogP) is 0.343. The van der Waals surface area contributed by atoms with Crippen molar-refractivity contribution in [3.8, 4) is 11.9 Å². The first-order valence-electron chi connectivity index (χ1n) is 4.13. The van der Waals surface area contributed by atoms with Crippen LogP contribution in [0.15, 0.2) is 10.9 Å². The Balaban J connectivity index is 3.40. The van der Waals surface area contributed by atoms with E-state index >= 15 is 0 Å². The minimum atomic E-state index is -1.26. The third-order valence-corrected chi connectivity index (χ3v) is 1.64. The highest BCUT2D eigenvalue weighted by Gasteiger charge is 2.15. The number of hydrogen-bond donors (Lipinski definition) is 2. The van der Waals surface area contributed by atoms with Crippen molar-refractivity contribution in [3.05, 3.63) is 27.5 Å². The van der Waals surface area contributed by atoms with Crippen molar-refractivity contribution in [1.29, 1.82) is 5.26 Å². The largest absolute Gasteiger partial charge is 0.479 e. The summed E-state index contributed by atoms with van der Waals surface area (Å²) >= 11 is 0. The van der Waals surface area contributed by atoms with Crippen molar-refractivity contribution in [2.75, 3.05) is 6.61 Å². The Hall–Kier alpha value is -2.29. The zero-order valence-corrected chi connectivity index (χ0v) is 7.90. The number of ether oxygens (including phenoxy) is 1. The Morgan fingerprint density at radius 2 is 2.40 bits per heavy atom. The van der Waals surface area contributed by atoms with Crippen LogP contribution in [0.2, 0.25) is 0 Å². The molecule has 2 N–H and O–H groups in total. The molecule has 0 aromatic carbocycles. The second kappa shape index (κ2) is 4.28. The van der Waals surface area contributed by atoms with E-state index in [9.17, 15) is 9.59 Å². The molecule has 0 bridgehead atoms. The van der Waals surface area contributed by atoms with Crippen LogP contribution >= 0.6 is 0 Å². The van der Waals surface area contributed by atoms with Crippen molar-refractivity contribution < 1.29 is 14.6 Å². The third-order valence-electron chi connectivity index (χ3n) is 1.64. The molecule has 15 heavy (non-hydrogen) atoms. The highest BCUT2D eigenvalue weighted by atomic mass is 16.5. The zero-order valence-electron chi connectivity index (χ0n) is 7.90. The van der Waals surface area contributed by atoms with E-state index in [1.807, 2.05) is 0 Å². The Labute approximate surface area is 84.7 Å². The minimum absolute atomic E-state index is 0.131. The van der Waals surface area contributed by atoms with Crippen LogP contribution in [0.1, 0.15) is 22.8 Å². The monoisotopic (exact) mass is 208 g/mol. The Morgan fingerprint density at radius 1 is 1.73 bits per heavy atom. The number of pyridine rings is 1. The lowest BCUT2D eigenvalue weighted by Crippen LogP contribution is -2.16. The molecular formula is C9H8N2O4. The molecule has 1 aromatic rings. The normalized spacial score (nSPS) is 9.33. The Kier molecular flexibility index (Phi) is 3.08. The number of hydrogen-bond acceptors (Lipinski definition) is 4. The number of nitrogens with zero attached hydrogens (tertiary/aromatic N) is 1. The lowest BCUT2D eigenvalue weighted by atomic mass is 10.2. The summed E-state index contributed by atoms with van der Waals surface area (Å²) in [5, 5.41) is 17.3. The maximum absolute atomic E-state index is 11.2. The van der Waals surface area contributed by atoms with Crippen LogP contribution in [0.4, 0.5) is 0 Å². The predicted molar refractivity (Wildman–Crippen MR) is 49.9 cm³/mol. The molecule has 0 unspecified atom stereocenters. The van der Waals surface area contributed by atoms with Crippen molar-refractivity contribution in [2.24, 2.45) is 0 Å². The van der Waals surface area contributed by atoms with Crippen LogP contribution in [0.25, 0.3) is 0 Å². The van der Waals surface area contributed by atoms with Gasteiger partial charge in [-0.25, -0.2) is 4.79 Å². The SMILES string of the molecule is CCOc1[nH]c(=O)c(C#N)cc1C(=O)O. The molecule has 78 valence electrons. The molecule has 0 aliphatic rings. The van der Waals surface area contributed by atoms with Crippen LogP contribution in [0, 0.1) is 11.3 Å². The van der Waals surface area contributed by atoms with Crippen molar-refractivity contribution in [2.45, 2.75) is 6.92 Å². The van der Waals surface area contributed by atoms with Gasteiger partial charge in [0.1, 0.15) is 17.2 Å². The fourth-order valence-electron chi connectivity index (χ4n) is 1.01. The van der Waals surface area contributed by atoms with Crippen LogP contribution in [0.5, 0.6) is 5.88 Å². The number of aromatic amines is 1. The molecule has 0 aliphatic heterocycles. The lowest BCUT2D eigenvalue weighted by Gasteiger charge is -2.05. The van der Waals surface area contributed by atoms with Gasteiger partial charge in [-0.2, -0.15) is 5.26 Å². The summed E-state index contributed by atoms with van der Waals surface area (Å²) in [7, 11) is 0.